The number of nitrogens with two attached hydrogens (primary N) is 1. The van der Waals surface area contributed by atoms with Gasteiger partial charge < -0.3 is 11.1 Å². The maximum Gasteiger partial charge on any atom is 0.234 e. The first kappa shape index (κ1) is 18.4. The molecular formula is C17H35N3O. The summed E-state index contributed by atoms with van der Waals surface area (Å²) < 4.78 is 0. The third kappa shape index (κ3) is 6.79. The number of nitrogens with one attached hydrogen (secondary N) is 1. The van der Waals surface area contributed by atoms with E-state index in [9.17, 15) is 4.79 Å². The summed E-state index contributed by atoms with van der Waals surface area (Å²) in [5, 5.41) is 3.14. The van der Waals surface area contributed by atoms with Crippen LogP contribution < -0.4 is 11.1 Å². The van der Waals surface area contributed by atoms with E-state index in [0.29, 0.717) is 25.2 Å². The summed E-state index contributed by atoms with van der Waals surface area (Å²) in [5.41, 5.74) is 5.85. The van der Waals surface area contributed by atoms with Crippen LogP contribution in [0.2, 0.25) is 0 Å². The quantitative estimate of drug-likeness (QED) is 0.724. The maximum absolute atomic E-state index is 12.2. The number of carbonyl (C=O) groups is 1. The Morgan fingerprint density at radius 3 is 2.62 bits per heavy atom. The van der Waals surface area contributed by atoms with Crippen LogP contribution in [0, 0.1) is 5.92 Å². The second-order valence-electron chi connectivity index (χ2n) is 7.14. The monoisotopic (exact) mass is 297 g/mol. The fraction of sp³-hybridized carbons (Fsp3) is 0.941. The first-order valence-corrected chi connectivity index (χ1v) is 8.69. The highest BCUT2D eigenvalue weighted by Crippen LogP contribution is 2.21. The van der Waals surface area contributed by atoms with Crippen molar-refractivity contribution in [2.75, 3.05) is 13.1 Å². The molecule has 0 saturated carbocycles. The van der Waals surface area contributed by atoms with Gasteiger partial charge in [0.25, 0.3) is 0 Å². The molecule has 1 saturated heterocycles. The molecule has 0 spiro atoms. The van der Waals surface area contributed by atoms with Crippen molar-refractivity contribution in [3.05, 3.63) is 0 Å². The Bertz CT molecular complexity index is 306. The molecule has 1 aliphatic rings. The minimum Gasteiger partial charge on any atom is -0.353 e. The lowest BCUT2D eigenvalue weighted by Gasteiger charge is -2.39. The summed E-state index contributed by atoms with van der Waals surface area (Å²) in [6.45, 7) is 9.96. The second kappa shape index (κ2) is 9.42. The lowest BCUT2D eigenvalue weighted by molar-refractivity contribution is -0.124. The fourth-order valence-corrected chi connectivity index (χ4v) is 3.27. The molecule has 124 valence electrons. The van der Waals surface area contributed by atoms with Crippen LogP contribution >= 0.6 is 0 Å². The number of hydrogen-bond acceptors (Lipinski definition) is 3. The molecule has 3 N–H and O–H groups in total. The molecule has 0 aromatic carbocycles. The number of rotatable bonds is 8. The van der Waals surface area contributed by atoms with E-state index in [0.717, 1.165) is 18.8 Å². The third-order valence-electron chi connectivity index (χ3n) is 4.62. The Labute approximate surface area is 130 Å². The van der Waals surface area contributed by atoms with Gasteiger partial charge in [0.1, 0.15) is 0 Å². The Hall–Kier alpha value is -0.610. The van der Waals surface area contributed by atoms with Crippen LogP contribution in [0.4, 0.5) is 0 Å². The van der Waals surface area contributed by atoms with E-state index >= 15 is 0 Å². The van der Waals surface area contributed by atoms with E-state index in [-0.39, 0.29) is 11.9 Å². The van der Waals surface area contributed by atoms with Crippen molar-refractivity contribution in [1.82, 2.24) is 10.2 Å². The molecule has 1 aliphatic heterocycles. The van der Waals surface area contributed by atoms with Crippen molar-refractivity contribution in [3.8, 4) is 0 Å². The number of carbonyl (C=O) groups excluding carboxylic acids is 1. The van der Waals surface area contributed by atoms with Crippen molar-refractivity contribution in [3.63, 3.8) is 0 Å². The first-order valence-electron chi connectivity index (χ1n) is 8.69. The average molecular weight is 297 g/mol. The summed E-state index contributed by atoms with van der Waals surface area (Å²) in [4.78, 5) is 14.5. The summed E-state index contributed by atoms with van der Waals surface area (Å²) >= 11 is 0. The number of piperidine rings is 1. The zero-order chi connectivity index (χ0) is 15.8. The van der Waals surface area contributed by atoms with E-state index in [1.807, 2.05) is 0 Å². The minimum absolute atomic E-state index is 0.152. The predicted molar refractivity (Wildman–Crippen MR) is 89.2 cm³/mol. The van der Waals surface area contributed by atoms with E-state index in [1.165, 1.54) is 25.7 Å². The standard InChI is InChI=1S/C17H35N3O/c1-13(2)7-5-8-14(3)19-17(21)12-20-15(4)9-6-10-16(20)11-18/h13-16H,5-12,18H2,1-4H3,(H,19,21). The molecule has 1 heterocycles. The average Bonchev–Trinajstić information content (AvgIpc) is 2.40. The highest BCUT2D eigenvalue weighted by atomic mass is 16.2. The van der Waals surface area contributed by atoms with Crippen molar-refractivity contribution >= 4 is 5.91 Å². The second-order valence-corrected chi connectivity index (χ2v) is 7.14. The minimum atomic E-state index is 0.152. The third-order valence-corrected chi connectivity index (χ3v) is 4.62. The van der Waals surface area contributed by atoms with E-state index in [1.54, 1.807) is 0 Å². The zero-order valence-corrected chi connectivity index (χ0v) is 14.4. The van der Waals surface area contributed by atoms with Crippen LogP contribution in [0.1, 0.15) is 66.2 Å². The first-order chi connectivity index (χ1) is 9.93. The van der Waals surface area contributed by atoms with Gasteiger partial charge >= 0.3 is 0 Å². The molecule has 0 radical (unpaired) electrons. The van der Waals surface area contributed by atoms with Crippen LogP contribution in [0.25, 0.3) is 0 Å². The van der Waals surface area contributed by atoms with Crippen molar-refractivity contribution in [1.29, 1.82) is 0 Å². The molecular weight excluding hydrogens is 262 g/mol. The highest BCUT2D eigenvalue weighted by molar-refractivity contribution is 5.78. The number of likely N-dealkylation sites (tertiary alicyclic amines) is 1. The van der Waals surface area contributed by atoms with Crippen LogP contribution in [0.15, 0.2) is 0 Å². The molecule has 1 amide bonds. The van der Waals surface area contributed by atoms with Gasteiger partial charge in [-0.1, -0.05) is 33.1 Å². The molecule has 4 heteroatoms. The van der Waals surface area contributed by atoms with Gasteiger partial charge in [-0.15, -0.1) is 0 Å². The number of nitrogens with zero attached hydrogens (tertiary/aromatic N) is 1. The smallest absolute Gasteiger partial charge is 0.234 e. The van der Waals surface area contributed by atoms with Gasteiger partial charge in [0, 0.05) is 24.7 Å². The topological polar surface area (TPSA) is 58.4 Å². The van der Waals surface area contributed by atoms with Crippen LogP contribution in [-0.2, 0) is 4.79 Å². The molecule has 0 aromatic rings. The Kier molecular flexibility index (Phi) is 8.27. The van der Waals surface area contributed by atoms with E-state index in [2.05, 4.69) is 37.9 Å². The Morgan fingerprint density at radius 2 is 2.00 bits per heavy atom. The number of hydrogen-bond donors (Lipinski definition) is 2. The zero-order valence-electron chi connectivity index (χ0n) is 14.4. The maximum atomic E-state index is 12.2. The lowest BCUT2D eigenvalue weighted by atomic mass is 9.96. The fourth-order valence-electron chi connectivity index (χ4n) is 3.27. The van der Waals surface area contributed by atoms with Gasteiger partial charge in [0.2, 0.25) is 5.91 Å². The van der Waals surface area contributed by atoms with E-state index in [4.69, 9.17) is 5.73 Å². The Balaban J connectivity index is 2.34. The van der Waals surface area contributed by atoms with Gasteiger partial charge in [0.15, 0.2) is 0 Å². The largest absolute Gasteiger partial charge is 0.353 e. The molecule has 0 aliphatic carbocycles. The summed E-state index contributed by atoms with van der Waals surface area (Å²) in [7, 11) is 0. The van der Waals surface area contributed by atoms with Crippen LogP contribution in [-0.4, -0.2) is 42.0 Å². The molecule has 1 fully saturated rings. The summed E-state index contributed by atoms with van der Waals surface area (Å²) in [5.74, 6) is 0.895. The van der Waals surface area contributed by atoms with Gasteiger partial charge in [-0.05, 0) is 39.0 Å². The molecule has 0 aromatic heterocycles. The van der Waals surface area contributed by atoms with Gasteiger partial charge in [-0.25, -0.2) is 0 Å². The molecule has 21 heavy (non-hydrogen) atoms. The van der Waals surface area contributed by atoms with Gasteiger partial charge in [-0.2, -0.15) is 0 Å². The normalized spacial score (nSPS) is 25.0. The van der Waals surface area contributed by atoms with Crippen molar-refractivity contribution < 1.29 is 4.79 Å². The molecule has 3 unspecified atom stereocenters. The van der Waals surface area contributed by atoms with Crippen molar-refractivity contribution in [2.24, 2.45) is 11.7 Å². The van der Waals surface area contributed by atoms with Gasteiger partial charge in [0.05, 0.1) is 6.54 Å². The predicted octanol–water partition coefficient (Wildman–Crippen LogP) is 2.52. The van der Waals surface area contributed by atoms with Gasteiger partial charge in [-0.3, -0.25) is 9.69 Å². The highest BCUT2D eigenvalue weighted by Gasteiger charge is 2.28. The van der Waals surface area contributed by atoms with Crippen LogP contribution in [0.3, 0.4) is 0 Å². The summed E-state index contributed by atoms with van der Waals surface area (Å²) in [6, 6.07) is 1.11. The SMILES string of the molecule is CC(C)CCCC(C)NC(=O)CN1C(C)CCCC1CN. The molecule has 0 bridgehead atoms. The van der Waals surface area contributed by atoms with Crippen LogP contribution in [0.5, 0.6) is 0 Å². The molecule has 4 nitrogen and oxygen atoms in total. The van der Waals surface area contributed by atoms with Crippen molar-refractivity contribution in [2.45, 2.75) is 84.3 Å². The molecule has 1 rings (SSSR count). The summed E-state index contributed by atoms with van der Waals surface area (Å²) in [6.07, 6.45) is 7.02. The Morgan fingerprint density at radius 1 is 1.29 bits per heavy atom. The molecule has 3 atom stereocenters. The van der Waals surface area contributed by atoms with E-state index < -0.39 is 0 Å². The number of amides is 1. The lowest BCUT2D eigenvalue weighted by Crippen LogP contribution is -2.53.